The topological polar surface area (TPSA) is 12.0 Å². The van der Waals surface area contributed by atoms with Gasteiger partial charge in [-0.15, -0.1) is 0 Å². The number of rotatable bonds is 8. The van der Waals surface area contributed by atoms with E-state index < -0.39 is 0 Å². The Kier molecular flexibility index (Phi) is 5.80. The van der Waals surface area contributed by atoms with Gasteiger partial charge in [0.1, 0.15) is 5.82 Å². The Bertz CT molecular complexity index is 418. The summed E-state index contributed by atoms with van der Waals surface area (Å²) in [5, 5.41) is 3.72. The summed E-state index contributed by atoms with van der Waals surface area (Å²) in [7, 11) is 0. The molecule has 0 aliphatic heterocycles. The molecule has 2 rings (SSSR count). The first-order valence-electron chi connectivity index (χ1n) is 8.49. The molecule has 0 heterocycles. The molecule has 118 valence electrons. The minimum Gasteiger partial charge on any atom is -0.313 e. The van der Waals surface area contributed by atoms with E-state index in [2.05, 4.69) is 26.1 Å². The van der Waals surface area contributed by atoms with E-state index in [4.69, 9.17) is 0 Å². The normalized spacial score (nSPS) is 22.1. The highest BCUT2D eigenvalue weighted by atomic mass is 19.1. The molecule has 1 N–H and O–H groups in total. The lowest BCUT2D eigenvalue weighted by Gasteiger charge is -2.38. The van der Waals surface area contributed by atoms with Gasteiger partial charge in [0, 0.05) is 12.6 Å². The minimum atomic E-state index is -0.137. The van der Waals surface area contributed by atoms with Crippen molar-refractivity contribution in [2.75, 3.05) is 6.54 Å². The van der Waals surface area contributed by atoms with E-state index in [1.807, 2.05) is 12.1 Å². The van der Waals surface area contributed by atoms with Crippen LogP contribution in [0.15, 0.2) is 24.3 Å². The van der Waals surface area contributed by atoms with Crippen LogP contribution >= 0.6 is 0 Å². The lowest BCUT2D eigenvalue weighted by Crippen LogP contribution is -2.44. The van der Waals surface area contributed by atoms with E-state index in [9.17, 15) is 4.39 Å². The molecule has 1 aromatic rings. The van der Waals surface area contributed by atoms with Crippen LogP contribution in [-0.2, 0) is 0 Å². The molecule has 1 aromatic carbocycles. The Labute approximate surface area is 129 Å². The number of nitrogens with one attached hydrogen (secondary N) is 1. The zero-order valence-electron chi connectivity index (χ0n) is 13.8. The van der Waals surface area contributed by atoms with Crippen molar-refractivity contribution >= 4 is 0 Å². The molecule has 0 saturated heterocycles. The fourth-order valence-electron chi connectivity index (χ4n) is 3.15. The van der Waals surface area contributed by atoms with Gasteiger partial charge in [-0.05, 0) is 48.3 Å². The van der Waals surface area contributed by atoms with Gasteiger partial charge in [0.05, 0.1) is 0 Å². The van der Waals surface area contributed by atoms with Crippen molar-refractivity contribution in [3.8, 4) is 0 Å². The fourth-order valence-corrected chi connectivity index (χ4v) is 3.15. The van der Waals surface area contributed by atoms with Crippen molar-refractivity contribution in [3.05, 3.63) is 35.6 Å². The third-order valence-electron chi connectivity index (χ3n) is 4.81. The van der Waals surface area contributed by atoms with Crippen molar-refractivity contribution in [2.45, 2.75) is 71.3 Å². The summed E-state index contributed by atoms with van der Waals surface area (Å²) in [6.07, 6.45) is 7.67. The number of halogens is 1. The number of hydrogen-bond donors (Lipinski definition) is 1. The molecule has 1 nitrogen and oxygen atoms in total. The molecule has 0 aromatic heterocycles. The van der Waals surface area contributed by atoms with E-state index in [0.29, 0.717) is 17.4 Å². The average Bonchev–Trinajstić information content (AvgIpc) is 2.39. The van der Waals surface area contributed by atoms with Crippen molar-refractivity contribution in [2.24, 2.45) is 5.41 Å². The summed E-state index contributed by atoms with van der Waals surface area (Å²) in [5.41, 5.74) is 1.69. The number of unbranched alkanes of at least 4 members (excludes halogenated alkanes) is 2. The monoisotopic (exact) mass is 291 g/mol. The zero-order valence-corrected chi connectivity index (χ0v) is 13.8. The average molecular weight is 291 g/mol. The molecular weight excluding hydrogens is 261 g/mol. The van der Waals surface area contributed by atoms with Gasteiger partial charge >= 0.3 is 0 Å². The molecule has 1 aliphatic carbocycles. The molecule has 0 bridgehead atoms. The van der Waals surface area contributed by atoms with Crippen LogP contribution in [0.4, 0.5) is 4.39 Å². The largest absolute Gasteiger partial charge is 0.313 e. The van der Waals surface area contributed by atoms with E-state index >= 15 is 0 Å². The van der Waals surface area contributed by atoms with Gasteiger partial charge in [-0.25, -0.2) is 4.39 Å². The molecule has 0 radical (unpaired) electrons. The minimum absolute atomic E-state index is 0.137. The third kappa shape index (κ3) is 5.10. The highest BCUT2D eigenvalue weighted by molar-refractivity contribution is 5.23. The van der Waals surface area contributed by atoms with Gasteiger partial charge in [0.25, 0.3) is 0 Å². The first-order chi connectivity index (χ1) is 10.00. The van der Waals surface area contributed by atoms with Crippen LogP contribution in [0.2, 0.25) is 0 Å². The van der Waals surface area contributed by atoms with Crippen molar-refractivity contribution in [1.29, 1.82) is 0 Å². The van der Waals surface area contributed by atoms with E-state index in [1.54, 1.807) is 12.1 Å². The molecule has 0 unspecified atom stereocenters. The molecule has 21 heavy (non-hydrogen) atoms. The molecule has 1 saturated carbocycles. The quantitative estimate of drug-likeness (QED) is 0.644. The maximum absolute atomic E-state index is 12.9. The third-order valence-corrected chi connectivity index (χ3v) is 4.81. The Balaban J connectivity index is 1.67. The van der Waals surface area contributed by atoms with Gasteiger partial charge in [0.15, 0.2) is 0 Å². The second-order valence-electron chi connectivity index (χ2n) is 7.42. The maximum atomic E-state index is 12.9. The van der Waals surface area contributed by atoms with Gasteiger partial charge in [-0.3, -0.25) is 0 Å². The molecule has 0 amide bonds. The van der Waals surface area contributed by atoms with Crippen LogP contribution in [0.1, 0.15) is 70.8 Å². The summed E-state index contributed by atoms with van der Waals surface area (Å²) < 4.78 is 12.9. The lowest BCUT2D eigenvalue weighted by atomic mass is 9.75. The molecular formula is C19H30FN. The van der Waals surface area contributed by atoms with Crippen molar-refractivity contribution < 1.29 is 4.39 Å². The highest BCUT2D eigenvalue weighted by Gasteiger charge is 2.31. The first kappa shape index (κ1) is 16.5. The molecule has 0 atom stereocenters. The van der Waals surface area contributed by atoms with Crippen LogP contribution in [0.3, 0.4) is 0 Å². The van der Waals surface area contributed by atoms with Gasteiger partial charge in [-0.2, -0.15) is 0 Å². The molecule has 0 spiro atoms. The predicted octanol–water partition coefficient (Wildman–Crippen LogP) is 5.27. The molecule has 2 heteroatoms. The lowest BCUT2D eigenvalue weighted by molar-refractivity contribution is 0.231. The van der Waals surface area contributed by atoms with Gasteiger partial charge < -0.3 is 5.32 Å². The van der Waals surface area contributed by atoms with E-state index in [-0.39, 0.29) is 5.82 Å². The maximum Gasteiger partial charge on any atom is 0.123 e. The standard InChI is InChI=1S/C19H30FN/c1-4-5-6-11-19(2,3)14-21-18-12-16(13-18)15-7-9-17(20)10-8-15/h7-10,16,18,21H,4-6,11-14H2,1-3H3. The smallest absolute Gasteiger partial charge is 0.123 e. The molecule has 1 fully saturated rings. The van der Waals surface area contributed by atoms with Crippen molar-refractivity contribution in [1.82, 2.24) is 5.32 Å². The Morgan fingerprint density at radius 1 is 1.14 bits per heavy atom. The van der Waals surface area contributed by atoms with Gasteiger partial charge in [0.2, 0.25) is 0 Å². The summed E-state index contributed by atoms with van der Waals surface area (Å²) in [5.74, 6) is 0.480. The Morgan fingerprint density at radius 2 is 1.81 bits per heavy atom. The second-order valence-corrected chi connectivity index (χ2v) is 7.42. The van der Waals surface area contributed by atoms with Gasteiger partial charge in [-0.1, -0.05) is 52.2 Å². The first-order valence-corrected chi connectivity index (χ1v) is 8.49. The summed E-state index contributed by atoms with van der Waals surface area (Å²) in [6, 6.07) is 7.67. The van der Waals surface area contributed by atoms with E-state index in [1.165, 1.54) is 44.1 Å². The van der Waals surface area contributed by atoms with E-state index in [0.717, 1.165) is 6.54 Å². The molecule has 1 aliphatic rings. The summed E-state index contributed by atoms with van der Waals surface area (Å²) in [4.78, 5) is 0. The Morgan fingerprint density at radius 3 is 2.43 bits per heavy atom. The second kappa shape index (κ2) is 7.40. The van der Waals surface area contributed by atoms with Crippen LogP contribution in [0, 0.1) is 11.2 Å². The Hall–Kier alpha value is -0.890. The highest BCUT2D eigenvalue weighted by Crippen LogP contribution is 2.37. The fraction of sp³-hybridized carbons (Fsp3) is 0.684. The van der Waals surface area contributed by atoms with Crippen LogP contribution in [-0.4, -0.2) is 12.6 Å². The summed E-state index contributed by atoms with van der Waals surface area (Å²) >= 11 is 0. The SMILES string of the molecule is CCCCCC(C)(C)CNC1CC(c2ccc(F)cc2)C1. The van der Waals surface area contributed by atoms with Crippen LogP contribution in [0.5, 0.6) is 0 Å². The number of benzene rings is 1. The summed E-state index contributed by atoms with van der Waals surface area (Å²) in [6.45, 7) is 8.10. The van der Waals surface area contributed by atoms with Crippen LogP contribution in [0.25, 0.3) is 0 Å². The zero-order chi connectivity index (χ0) is 15.3. The van der Waals surface area contributed by atoms with Crippen LogP contribution < -0.4 is 5.32 Å². The predicted molar refractivity (Wildman–Crippen MR) is 88.1 cm³/mol. The van der Waals surface area contributed by atoms with Crippen molar-refractivity contribution in [3.63, 3.8) is 0 Å². The number of hydrogen-bond acceptors (Lipinski definition) is 1.